The Labute approximate surface area is 148 Å². The molecule has 0 aliphatic carbocycles. The first-order valence-corrected chi connectivity index (χ1v) is 9.05. The molecule has 2 heterocycles. The lowest BCUT2D eigenvalue weighted by atomic mass is 9.92. The summed E-state index contributed by atoms with van der Waals surface area (Å²) in [5.74, 6) is 0.536. The molecule has 1 aromatic carbocycles. The maximum atomic E-state index is 13.9. The summed E-state index contributed by atoms with van der Waals surface area (Å²) in [5, 5.41) is 13.4. The predicted octanol–water partition coefficient (Wildman–Crippen LogP) is 2.57. The van der Waals surface area contributed by atoms with Crippen molar-refractivity contribution in [1.82, 2.24) is 4.90 Å². The molecule has 0 radical (unpaired) electrons. The molecule has 1 saturated heterocycles. The number of benzene rings is 1. The van der Waals surface area contributed by atoms with Crippen LogP contribution in [0.1, 0.15) is 38.7 Å². The lowest BCUT2D eigenvalue weighted by molar-refractivity contribution is -0.116. The van der Waals surface area contributed by atoms with Gasteiger partial charge in [-0.15, -0.1) is 0 Å². The SMILES string of the molecule is CC(C)CN1CCC(O)(COc2ccc(F)c3c2CCC(=O)N3)CC1. The molecule has 0 unspecified atom stereocenters. The summed E-state index contributed by atoms with van der Waals surface area (Å²) in [6.07, 6.45) is 2.11. The van der Waals surface area contributed by atoms with Gasteiger partial charge in [0.2, 0.25) is 5.91 Å². The minimum absolute atomic E-state index is 0.181. The number of nitrogens with zero attached hydrogens (tertiary/aromatic N) is 1. The fourth-order valence-electron chi connectivity index (χ4n) is 3.58. The van der Waals surface area contributed by atoms with Crippen molar-refractivity contribution in [3.63, 3.8) is 0 Å². The number of ether oxygens (including phenoxy) is 1. The zero-order valence-electron chi connectivity index (χ0n) is 15.0. The van der Waals surface area contributed by atoms with Gasteiger partial charge in [0.15, 0.2) is 0 Å². The Morgan fingerprint density at radius 3 is 2.72 bits per heavy atom. The first-order chi connectivity index (χ1) is 11.9. The quantitative estimate of drug-likeness (QED) is 0.857. The minimum atomic E-state index is -0.855. The smallest absolute Gasteiger partial charge is 0.224 e. The van der Waals surface area contributed by atoms with E-state index in [1.54, 1.807) is 6.07 Å². The number of nitrogens with one attached hydrogen (secondary N) is 1. The largest absolute Gasteiger partial charge is 0.490 e. The van der Waals surface area contributed by atoms with E-state index in [9.17, 15) is 14.3 Å². The van der Waals surface area contributed by atoms with E-state index in [-0.39, 0.29) is 18.2 Å². The molecule has 1 amide bonds. The minimum Gasteiger partial charge on any atom is -0.490 e. The van der Waals surface area contributed by atoms with E-state index < -0.39 is 11.4 Å². The zero-order chi connectivity index (χ0) is 18.0. The van der Waals surface area contributed by atoms with Crippen LogP contribution in [-0.4, -0.2) is 47.8 Å². The second kappa shape index (κ2) is 7.30. The highest BCUT2D eigenvalue weighted by Crippen LogP contribution is 2.34. The number of hydrogen-bond donors (Lipinski definition) is 2. The maximum absolute atomic E-state index is 13.9. The van der Waals surface area contributed by atoms with Gasteiger partial charge in [-0.3, -0.25) is 4.79 Å². The van der Waals surface area contributed by atoms with Gasteiger partial charge in [-0.1, -0.05) is 13.8 Å². The highest BCUT2D eigenvalue weighted by atomic mass is 19.1. The summed E-state index contributed by atoms with van der Waals surface area (Å²) >= 11 is 0. The van der Waals surface area contributed by atoms with Crippen LogP contribution in [0.25, 0.3) is 0 Å². The molecule has 0 saturated carbocycles. The number of piperidine rings is 1. The summed E-state index contributed by atoms with van der Waals surface area (Å²) in [6, 6.07) is 2.89. The van der Waals surface area contributed by atoms with Gasteiger partial charge in [0.05, 0.1) is 5.69 Å². The highest BCUT2D eigenvalue weighted by Gasteiger charge is 2.34. The average molecular weight is 350 g/mol. The van der Waals surface area contributed by atoms with E-state index in [0.29, 0.717) is 42.9 Å². The molecule has 1 aromatic rings. The third-order valence-electron chi connectivity index (χ3n) is 4.99. The Balaban J connectivity index is 1.63. The number of carbonyl (C=O) groups excluding carboxylic acids is 1. The van der Waals surface area contributed by atoms with Gasteiger partial charge in [-0.05, 0) is 37.3 Å². The molecule has 6 heteroatoms. The molecule has 0 atom stereocenters. The summed E-state index contributed by atoms with van der Waals surface area (Å²) in [4.78, 5) is 13.9. The molecule has 0 aromatic heterocycles. The zero-order valence-corrected chi connectivity index (χ0v) is 15.0. The number of likely N-dealkylation sites (tertiary alicyclic amines) is 1. The van der Waals surface area contributed by atoms with Crippen molar-refractivity contribution in [2.24, 2.45) is 5.92 Å². The normalized spacial score (nSPS) is 20.3. The molecule has 2 aliphatic heterocycles. The Bertz CT molecular complexity index is 640. The third-order valence-corrected chi connectivity index (χ3v) is 4.99. The van der Waals surface area contributed by atoms with Gasteiger partial charge < -0.3 is 20.1 Å². The number of amides is 1. The van der Waals surface area contributed by atoms with Crippen molar-refractivity contribution in [2.75, 3.05) is 31.6 Å². The maximum Gasteiger partial charge on any atom is 0.224 e. The number of halogens is 1. The van der Waals surface area contributed by atoms with Crippen molar-refractivity contribution in [3.05, 3.63) is 23.5 Å². The lowest BCUT2D eigenvalue weighted by Gasteiger charge is -2.38. The number of carbonyl (C=O) groups is 1. The summed E-state index contributed by atoms with van der Waals surface area (Å²) in [6.45, 7) is 7.34. The van der Waals surface area contributed by atoms with E-state index in [0.717, 1.165) is 19.6 Å². The Kier molecular flexibility index (Phi) is 5.29. The predicted molar refractivity (Wildman–Crippen MR) is 94.3 cm³/mol. The summed E-state index contributed by atoms with van der Waals surface area (Å²) in [7, 11) is 0. The van der Waals surface area contributed by atoms with E-state index in [4.69, 9.17) is 4.74 Å². The van der Waals surface area contributed by atoms with Crippen LogP contribution in [0.5, 0.6) is 5.75 Å². The second-order valence-corrected chi connectivity index (χ2v) is 7.65. The Hall–Kier alpha value is -1.66. The monoisotopic (exact) mass is 350 g/mol. The van der Waals surface area contributed by atoms with Crippen molar-refractivity contribution >= 4 is 11.6 Å². The Morgan fingerprint density at radius 2 is 2.04 bits per heavy atom. The number of hydrogen-bond acceptors (Lipinski definition) is 4. The van der Waals surface area contributed by atoms with E-state index in [1.807, 2.05) is 0 Å². The molecule has 0 spiro atoms. The summed E-state index contributed by atoms with van der Waals surface area (Å²) < 4.78 is 19.8. The first kappa shape index (κ1) is 18.1. The van der Waals surface area contributed by atoms with Crippen LogP contribution in [0.4, 0.5) is 10.1 Å². The molecule has 3 rings (SSSR count). The van der Waals surface area contributed by atoms with Crippen LogP contribution in [0.15, 0.2) is 12.1 Å². The number of rotatable bonds is 5. The van der Waals surface area contributed by atoms with Gasteiger partial charge in [0.1, 0.15) is 23.8 Å². The molecule has 0 bridgehead atoms. The molecular weight excluding hydrogens is 323 g/mol. The molecule has 2 aliphatic rings. The first-order valence-electron chi connectivity index (χ1n) is 9.05. The van der Waals surface area contributed by atoms with Crippen molar-refractivity contribution in [2.45, 2.75) is 45.1 Å². The van der Waals surface area contributed by atoms with Crippen LogP contribution in [-0.2, 0) is 11.2 Å². The van der Waals surface area contributed by atoms with Crippen molar-refractivity contribution in [1.29, 1.82) is 0 Å². The Morgan fingerprint density at radius 1 is 1.32 bits per heavy atom. The van der Waals surface area contributed by atoms with Gasteiger partial charge >= 0.3 is 0 Å². The van der Waals surface area contributed by atoms with Crippen LogP contribution < -0.4 is 10.1 Å². The summed E-state index contributed by atoms with van der Waals surface area (Å²) in [5.41, 5.74) is 0.0417. The van der Waals surface area contributed by atoms with E-state index in [1.165, 1.54) is 6.07 Å². The van der Waals surface area contributed by atoms with E-state index in [2.05, 4.69) is 24.1 Å². The molecule has 25 heavy (non-hydrogen) atoms. The van der Waals surface area contributed by atoms with Crippen molar-refractivity contribution in [3.8, 4) is 5.75 Å². The van der Waals surface area contributed by atoms with Crippen molar-refractivity contribution < 1.29 is 19.0 Å². The molecule has 2 N–H and O–H groups in total. The molecule has 138 valence electrons. The fourth-order valence-corrected chi connectivity index (χ4v) is 3.58. The fraction of sp³-hybridized carbons (Fsp3) is 0.632. The van der Waals surface area contributed by atoms with Crippen LogP contribution in [0.2, 0.25) is 0 Å². The third kappa shape index (κ3) is 4.30. The van der Waals surface area contributed by atoms with Crippen LogP contribution in [0, 0.1) is 11.7 Å². The van der Waals surface area contributed by atoms with Crippen LogP contribution in [0.3, 0.4) is 0 Å². The van der Waals surface area contributed by atoms with Gasteiger partial charge in [0.25, 0.3) is 0 Å². The number of anilines is 1. The molecule has 5 nitrogen and oxygen atoms in total. The van der Waals surface area contributed by atoms with E-state index >= 15 is 0 Å². The van der Waals surface area contributed by atoms with Gasteiger partial charge in [-0.25, -0.2) is 4.39 Å². The van der Waals surface area contributed by atoms with Gasteiger partial charge in [0, 0.05) is 31.6 Å². The number of aliphatic hydroxyl groups is 1. The van der Waals surface area contributed by atoms with Crippen LogP contribution >= 0.6 is 0 Å². The van der Waals surface area contributed by atoms with Gasteiger partial charge in [-0.2, -0.15) is 0 Å². The topological polar surface area (TPSA) is 61.8 Å². The highest BCUT2D eigenvalue weighted by molar-refractivity contribution is 5.94. The standard InChI is InChI=1S/C19H27FN2O3/c1-13(2)11-22-9-7-19(24,8-10-22)12-25-16-5-4-15(20)18-14(16)3-6-17(23)21-18/h4-5,13,24H,3,6-12H2,1-2H3,(H,21,23). The molecular formula is C19H27FN2O3. The molecule has 1 fully saturated rings. The lowest BCUT2D eigenvalue weighted by Crippen LogP contribution is -2.48. The second-order valence-electron chi connectivity index (χ2n) is 7.65. The number of fused-ring (bicyclic) bond motifs is 1. The average Bonchev–Trinajstić information content (AvgIpc) is 2.57.